The van der Waals surface area contributed by atoms with Crippen molar-refractivity contribution in [2.45, 2.75) is 52.4 Å². The van der Waals surface area contributed by atoms with Gasteiger partial charge in [-0.2, -0.15) is 0 Å². The summed E-state index contributed by atoms with van der Waals surface area (Å²) in [6.45, 7) is 4.18. The van der Waals surface area contributed by atoms with Crippen LogP contribution in [0.5, 0.6) is 0 Å². The number of anilines is 2. The average Bonchev–Trinajstić information content (AvgIpc) is 2.65. The van der Waals surface area contributed by atoms with E-state index in [2.05, 4.69) is 24.5 Å². The van der Waals surface area contributed by atoms with Gasteiger partial charge in [-0.25, -0.2) is 0 Å². The number of amides is 2. The zero-order valence-electron chi connectivity index (χ0n) is 15.7. The summed E-state index contributed by atoms with van der Waals surface area (Å²) in [4.78, 5) is 24.0. The Balaban J connectivity index is 1.67. The lowest BCUT2D eigenvalue weighted by molar-refractivity contribution is -0.118. The molecule has 0 bridgehead atoms. The molecule has 2 N–H and O–H groups in total. The zero-order valence-corrected chi connectivity index (χ0v) is 15.7. The van der Waals surface area contributed by atoms with Gasteiger partial charge < -0.3 is 10.6 Å². The van der Waals surface area contributed by atoms with Crippen molar-refractivity contribution < 1.29 is 9.59 Å². The summed E-state index contributed by atoms with van der Waals surface area (Å²) in [5.74, 6) is -0.0105. The minimum Gasteiger partial charge on any atom is -0.326 e. The third-order valence-electron chi connectivity index (χ3n) is 4.30. The lowest BCUT2D eigenvalue weighted by atomic mass is 10.1. The third-order valence-corrected chi connectivity index (χ3v) is 4.30. The van der Waals surface area contributed by atoms with Gasteiger partial charge in [-0.3, -0.25) is 9.59 Å². The molecular formula is C22H28N2O2. The van der Waals surface area contributed by atoms with Crippen LogP contribution in [0.25, 0.3) is 0 Å². The van der Waals surface area contributed by atoms with Crippen LogP contribution in [0.3, 0.4) is 0 Å². The van der Waals surface area contributed by atoms with Crippen molar-refractivity contribution in [1.82, 2.24) is 0 Å². The van der Waals surface area contributed by atoms with E-state index in [4.69, 9.17) is 0 Å². The Morgan fingerprint density at radius 3 is 1.54 bits per heavy atom. The maximum atomic E-state index is 12.0. The summed E-state index contributed by atoms with van der Waals surface area (Å²) in [6, 6.07) is 15.8. The van der Waals surface area contributed by atoms with Gasteiger partial charge >= 0.3 is 0 Å². The third kappa shape index (κ3) is 6.71. The topological polar surface area (TPSA) is 58.2 Å². The average molecular weight is 352 g/mol. The molecule has 0 spiro atoms. The normalized spacial score (nSPS) is 10.4. The van der Waals surface area contributed by atoms with Crippen molar-refractivity contribution in [3.05, 3.63) is 59.7 Å². The number of nitrogens with one attached hydrogen (secondary N) is 2. The largest absolute Gasteiger partial charge is 0.326 e. The first-order valence-corrected chi connectivity index (χ1v) is 9.38. The number of unbranched alkanes of at least 4 members (excludes halogenated alkanes) is 1. The molecule has 0 aliphatic heterocycles. The molecule has 2 amide bonds. The van der Waals surface area contributed by atoms with Gasteiger partial charge in [-0.15, -0.1) is 0 Å². The molecule has 0 fully saturated rings. The number of hydrogen-bond donors (Lipinski definition) is 2. The molecule has 4 nitrogen and oxygen atoms in total. The Labute approximate surface area is 156 Å². The van der Waals surface area contributed by atoms with E-state index in [1.54, 1.807) is 0 Å². The molecule has 0 aliphatic carbocycles. The Morgan fingerprint density at radius 1 is 0.731 bits per heavy atom. The number of aryl methyl sites for hydroxylation is 2. The Bertz CT molecular complexity index is 677. The molecule has 26 heavy (non-hydrogen) atoms. The highest BCUT2D eigenvalue weighted by Crippen LogP contribution is 2.14. The highest BCUT2D eigenvalue weighted by Gasteiger charge is 2.06. The van der Waals surface area contributed by atoms with Gasteiger partial charge in [0.25, 0.3) is 0 Å². The molecule has 0 saturated carbocycles. The first-order valence-electron chi connectivity index (χ1n) is 9.38. The molecule has 0 atom stereocenters. The second-order valence-electron chi connectivity index (χ2n) is 6.41. The fraction of sp³-hybridized carbons (Fsp3) is 0.364. The lowest BCUT2D eigenvalue weighted by Crippen LogP contribution is -2.13. The van der Waals surface area contributed by atoms with Crippen molar-refractivity contribution >= 4 is 23.2 Å². The van der Waals surface area contributed by atoms with Crippen LogP contribution in [0.2, 0.25) is 0 Å². The fourth-order valence-corrected chi connectivity index (χ4v) is 2.76. The second kappa shape index (κ2) is 10.4. The quantitative estimate of drug-likeness (QED) is 0.627. The minimum absolute atomic E-state index is 0.00527. The van der Waals surface area contributed by atoms with Crippen molar-refractivity contribution in [2.24, 2.45) is 0 Å². The zero-order chi connectivity index (χ0) is 18.8. The van der Waals surface area contributed by atoms with Crippen LogP contribution in [-0.4, -0.2) is 11.8 Å². The van der Waals surface area contributed by atoms with Gasteiger partial charge in [0.2, 0.25) is 11.8 Å². The van der Waals surface area contributed by atoms with Gasteiger partial charge in [0, 0.05) is 24.2 Å². The summed E-state index contributed by atoms with van der Waals surface area (Å²) >= 11 is 0. The minimum atomic E-state index is -0.00527. The predicted molar refractivity (Wildman–Crippen MR) is 107 cm³/mol. The summed E-state index contributed by atoms with van der Waals surface area (Å²) < 4.78 is 0. The summed E-state index contributed by atoms with van der Waals surface area (Å²) in [5, 5.41) is 5.84. The maximum Gasteiger partial charge on any atom is 0.224 e. The van der Waals surface area contributed by atoms with Gasteiger partial charge in [-0.05, 0) is 61.1 Å². The summed E-state index contributed by atoms with van der Waals surface area (Å²) in [7, 11) is 0. The number of hydrogen-bond acceptors (Lipinski definition) is 2. The van der Waals surface area contributed by atoms with E-state index in [1.807, 2.05) is 48.5 Å². The van der Waals surface area contributed by atoms with E-state index in [-0.39, 0.29) is 11.8 Å². The van der Waals surface area contributed by atoms with Crippen LogP contribution in [-0.2, 0) is 22.4 Å². The molecule has 0 heterocycles. The maximum absolute atomic E-state index is 12.0. The molecular weight excluding hydrogens is 324 g/mol. The fourth-order valence-electron chi connectivity index (χ4n) is 2.76. The first kappa shape index (κ1) is 19.7. The van der Waals surface area contributed by atoms with Crippen molar-refractivity contribution in [2.75, 3.05) is 10.6 Å². The molecule has 4 heteroatoms. The SMILES string of the molecule is CCc1cccc(NC(=O)CCCCC(=O)Nc2cccc(CC)c2)c1. The number of rotatable bonds is 9. The highest BCUT2D eigenvalue weighted by atomic mass is 16.2. The summed E-state index contributed by atoms with van der Waals surface area (Å²) in [6.07, 6.45) is 4.13. The van der Waals surface area contributed by atoms with Crippen LogP contribution < -0.4 is 10.6 Å². The molecule has 138 valence electrons. The predicted octanol–water partition coefficient (Wildman–Crippen LogP) is 4.95. The molecule has 0 saturated heterocycles. The molecule has 2 rings (SSSR count). The van der Waals surface area contributed by atoms with Crippen LogP contribution in [0, 0.1) is 0 Å². The van der Waals surface area contributed by atoms with Crippen LogP contribution in [0.4, 0.5) is 11.4 Å². The van der Waals surface area contributed by atoms with Gasteiger partial charge in [0.05, 0.1) is 0 Å². The first-order chi connectivity index (χ1) is 12.6. The van der Waals surface area contributed by atoms with Crippen LogP contribution in [0.1, 0.15) is 50.7 Å². The van der Waals surface area contributed by atoms with E-state index < -0.39 is 0 Å². The Kier molecular flexibility index (Phi) is 7.87. The van der Waals surface area contributed by atoms with Crippen molar-refractivity contribution in [3.8, 4) is 0 Å². The molecule has 2 aromatic carbocycles. The van der Waals surface area contributed by atoms with E-state index >= 15 is 0 Å². The van der Waals surface area contributed by atoms with Gasteiger partial charge in [0.1, 0.15) is 0 Å². The van der Waals surface area contributed by atoms with Crippen molar-refractivity contribution in [3.63, 3.8) is 0 Å². The highest BCUT2D eigenvalue weighted by molar-refractivity contribution is 5.91. The van der Waals surface area contributed by atoms with E-state index in [0.29, 0.717) is 25.7 Å². The molecule has 0 radical (unpaired) electrons. The van der Waals surface area contributed by atoms with Crippen LogP contribution in [0.15, 0.2) is 48.5 Å². The number of carbonyl (C=O) groups is 2. The smallest absolute Gasteiger partial charge is 0.224 e. The van der Waals surface area contributed by atoms with E-state index in [9.17, 15) is 9.59 Å². The molecule has 0 aromatic heterocycles. The molecule has 0 unspecified atom stereocenters. The number of carbonyl (C=O) groups excluding carboxylic acids is 2. The summed E-state index contributed by atoms with van der Waals surface area (Å²) in [5.41, 5.74) is 4.07. The van der Waals surface area contributed by atoms with Crippen molar-refractivity contribution in [1.29, 1.82) is 0 Å². The lowest BCUT2D eigenvalue weighted by Gasteiger charge is -2.08. The molecule has 0 aliphatic rings. The van der Waals surface area contributed by atoms with Gasteiger partial charge in [-0.1, -0.05) is 38.1 Å². The Morgan fingerprint density at radius 2 is 1.15 bits per heavy atom. The van der Waals surface area contributed by atoms with E-state index in [1.165, 1.54) is 11.1 Å². The van der Waals surface area contributed by atoms with Crippen LogP contribution >= 0.6 is 0 Å². The van der Waals surface area contributed by atoms with Gasteiger partial charge in [0.15, 0.2) is 0 Å². The van der Waals surface area contributed by atoms with E-state index in [0.717, 1.165) is 24.2 Å². The second-order valence-corrected chi connectivity index (χ2v) is 6.41. The monoisotopic (exact) mass is 352 g/mol. The Hall–Kier alpha value is -2.62. The molecule has 2 aromatic rings. The number of benzene rings is 2. The standard InChI is InChI=1S/C22H28N2O2/c1-3-17-9-7-11-19(15-17)23-21(25)13-5-6-14-22(26)24-20-12-8-10-18(4-2)16-20/h7-12,15-16H,3-6,13-14H2,1-2H3,(H,23,25)(H,24,26).